The minimum Gasteiger partial charge on any atom is -0.492 e. The van der Waals surface area contributed by atoms with Crippen molar-refractivity contribution in [1.82, 2.24) is 5.32 Å². The number of amides is 1. The van der Waals surface area contributed by atoms with Crippen LogP contribution in [0.2, 0.25) is 0 Å². The molecule has 0 aromatic heterocycles. The number of anilines is 1. The molecule has 0 saturated carbocycles. The number of halogens is 4. The van der Waals surface area contributed by atoms with Crippen LogP contribution < -0.4 is 15.4 Å². The van der Waals surface area contributed by atoms with Crippen LogP contribution in [0.15, 0.2) is 18.2 Å². The van der Waals surface area contributed by atoms with Crippen LogP contribution in [-0.4, -0.2) is 25.1 Å². The number of rotatable bonds is 4. The molecule has 1 heterocycles. The molecule has 1 saturated heterocycles. The van der Waals surface area contributed by atoms with Crippen LogP contribution in [0.4, 0.5) is 18.9 Å². The first-order chi connectivity index (χ1) is 10.8. The minimum absolute atomic E-state index is 0. The summed E-state index contributed by atoms with van der Waals surface area (Å²) in [5.74, 6) is -0.232. The summed E-state index contributed by atoms with van der Waals surface area (Å²) in [5.41, 5.74) is -0.743. The standard InChI is InChI=1S/C16H21F3N2O2.ClH/c1-3-23-14-5-4-12(16(17,18)19)9-13(14)21-15(22)11-6-7-20-10(2)8-11;/h4-5,9-11,20H,3,6-8H2,1-2H3,(H,21,22);1H/t10-,11-;/m0./s1. The molecule has 0 aliphatic carbocycles. The fourth-order valence-corrected chi connectivity index (χ4v) is 2.69. The van der Waals surface area contributed by atoms with Crippen LogP contribution in [0.3, 0.4) is 0 Å². The average molecular weight is 367 g/mol. The van der Waals surface area contributed by atoms with Crippen molar-refractivity contribution in [3.8, 4) is 5.75 Å². The van der Waals surface area contributed by atoms with E-state index in [-0.39, 0.29) is 41.7 Å². The van der Waals surface area contributed by atoms with Crippen LogP contribution in [0.1, 0.15) is 32.3 Å². The topological polar surface area (TPSA) is 50.4 Å². The van der Waals surface area contributed by atoms with Gasteiger partial charge in [-0.3, -0.25) is 4.79 Å². The van der Waals surface area contributed by atoms with E-state index >= 15 is 0 Å². The Morgan fingerprint density at radius 1 is 1.42 bits per heavy atom. The quantitative estimate of drug-likeness (QED) is 0.851. The third-order valence-electron chi connectivity index (χ3n) is 3.86. The molecule has 0 spiro atoms. The van der Waals surface area contributed by atoms with Gasteiger partial charge in [-0.1, -0.05) is 0 Å². The zero-order valence-electron chi connectivity index (χ0n) is 13.6. The molecule has 1 aromatic rings. The largest absolute Gasteiger partial charge is 0.492 e. The number of nitrogens with one attached hydrogen (secondary N) is 2. The van der Waals surface area contributed by atoms with Gasteiger partial charge in [0.2, 0.25) is 5.91 Å². The Balaban J connectivity index is 0.00000288. The summed E-state index contributed by atoms with van der Waals surface area (Å²) in [5, 5.41) is 5.84. The Hall–Kier alpha value is -1.47. The Kier molecular flexibility index (Phi) is 7.35. The van der Waals surface area contributed by atoms with Crippen molar-refractivity contribution in [3.05, 3.63) is 23.8 Å². The van der Waals surface area contributed by atoms with Gasteiger partial charge in [-0.25, -0.2) is 0 Å². The van der Waals surface area contributed by atoms with Crippen molar-refractivity contribution in [2.45, 2.75) is 38.9 Å². The van der Waals surface area contributed by atoms with Gasteiger partial charge in [0.15, 0.2) is 0 Å². The summed E-state index contributed by atoms with van der Waals surface area (Å²) in [6.07, 6.45) is -3.14. The lowest BCUT2D eigenvalue weighted by atomic mass is 9.92. The molecule has 2 atom stereocenters. The molecular weight excluding hydrogens is 345 g/mol. The lowest BCUT2D eigenvalue weighted by molar-refractivity contribution is -0.137. The molecule has 2 N–H and O–H groups in total. The molecule has 0 unspecified atom stereocenters. The summed E-state index contributed by atoms with van der Waals surface area (Å²) in [6, 6.07) is 3.33. The second-order valence-electron chi connectivity index (χ2n) is 5.71. The zero-order valence-corrected chi connectivity index (χ0v) is 14.4. The summed E-state index contributed by atoms with van der Waals surface area (Å²) in [4.78, 5) is 12.4. The van der Waals surface area contributed by atoms with Crippen molar-refractivity contribution in [2.24, 2.45) is 5.92 Å². The van der Waals surface area contributed by atoms with Crippen molar-refractivity contribution < 1.29 is 22.7 Å². The number of benzene rings is 1. The smallest absolute Gasteiger partial charge is 0.416 e. The molecule has 4 nitrogen and oxygen atoms in total. The predicted octanol–water partition coefficient (Wildman–Crippen LogP) is 3.85. The van der Waals surface area contributed by atoms with E-state index in [1.165, 1.54) is 6.07 Å². The van der Waals surface area contributed by atoms with Crippen molar-refractivity contribution >= 4 is 24.0 Å². The third kappa shape index (κ3) is 5.27. The van der Waals surface area contributed by atoms with Gasteiger partial charge < -0.3 is 15.4 Å². The molecule has 24 heavy (non-hydrogen) atoms. The van der Waals surface area contributed by atoms with Gasteiger partial charge in [-0.15, -0.1) is 12.4 Å². The molecular formula is C16H22ClF3N2O2. The Morgan fingerprint density at radius 3 is 2.71 bits per heavy atom. The van der Waals surface area contributed by atoms with Crippen LogP contribution in [0.25, 0.3) is 0 Å². The van der Waals surface area contributed by atoms with Gasteiger partial charge in [-0.2, -0.15) is 13.2 Å². The molecule has 1 aromatic carbocycles. The van der Waals surface area contributed by atoms with Gasteiger partial charge in [0.25, 0.3) is 0 Å². The lowest BCUT2D eigenvalue weighted by Crippen LogP contribution is -2.40. The molecule has 1 aliphatic heterocycles. The number of carbonyl (C=O) groups excluding carboxylic acids is 1. The fraction of sp³-hybridized carbons (Fsp3) is 0.562. The van der Waals surface area contributed by atoms with Crippen LogP contribution in [0.5, 0.6) is 5.75 Å². The SMILES string of the molecule is CCOc1ccc(C(F)(F)F)cc1NC(=O)[C@H]1CCN[C@@H](C)C1.Cl. The molecule has 1 fully saturated rings. The maximum Gasteiger partial charge on any atom is 0.416 e. The highest BCUT2D eigenvalue weighted by Gasteiger charge is 2.32. The summed E-state index contributed by atoms with van der Waals surface area (Å²) >= 11 is 0. The van der Waals surface area contributed by atoms with Gasteiger partial charge in [0, 0.05) is 12.0 Å². The number of hydrogen-bond acceptors (Lipinski definition) is 3. The average Bonchev–Trinajstić information content (AvgIpc) is 2.48. The number of ether oxygens (including phenoxy) is 1. The Morgan fingerprint density at radius 2 is 2.12 bits per heavy atom. The molecule has 0 bridgehead atoms. The Labute approximate surface area is 145 Å². The van der Waals surface area contributed by atoms with Crippen molar-refractivity contribution in [3.63, 3.8) is 0 Å². The van der Waals surface area contributed by atoms with Crippen LogP contribution >= 0.6 is 12.4 Å². The molecule has 2 rings (SSSR count). The second kappa shape index (κ2) is 8.58. The predicted molar refractivity (Wildman–Crippen MR) is 88.7 cm³/mol. The highest BCUT2D eigenvalue weighted by atomic mass is 35.5. The van der Waals surface area contributed by atoms with E-state index in [4.69, 9.17) is 4.74 Å². The number of hydrogen-bond donors (Lipinski definition) is 2. The number of piperidine rings is 1. The summed E-state index contributed by atoms with van der Waals surface area (Å²) in [7, 11) is 0. The molecule has 1 amide bonds. The van der Waals surface area contributed by atoms with Crippen molar-refractivity contribution in [2.75, 3.05) is 18.5 Å². The van der Waals surface area contributed by atoms with E-state index in [0.717, 1.165) is 18.7 Å². The highest BCUT2D eigenvalue weighted by Crippen LogP contribution is 2.35. The number of carbonyl (C=O) groups is 1. The summed E-state index contributed by atoms with van der Waals surface area (Å²) in [6.45, 7) is 4.74. The molecule has 8 heteroatoms. The first-order valence-corrected chi connectivity index (χ1v) is 7.69. The first-order valence-electron chi connectivity index (χ1n) is 7.69. The zero-order chi connectivity index (χ0) is 17.0. The Bertz CT molecular complexity index is 567. The van der Waals surface area contributed by atoms with Gasteiger partial charge in [0.1, 0.15) is 5.75 Å². The van der Waals surface area contributed by atoms with E-state index in [2.05, 4.69) is 10.6 Å². The highest BCUT2D eigenvalue weighted by molar-refractivity contribution is 5.94. The molecule has 136 valence electrons. The van der Waals surface area contributed by atoms with E-state index < -0.39 is 11.7 Å². The fourth-order valence-electron chi connectivity index (χ4n) is 2.69. The second-order valence-corrected chi connectivity index (χ2v) is 5.71. The van der Waals surface area contributed by atoms with E-state index in [1.807, 2.05) is 6.92 Å². The van der Waals surface area contributed by atoms with Gasteiger partial charge >= 0.3 is 6.18 Å². The molecule has 1 aliphatic rings. The summed E-state index contributed by atoms with van der Waals surface area (Å²) < 4.78 is 43.9. The normalized spacial score (nSPS) is 20.9. The minimum atomic E-state index is -4.46. The third-order valence-corrected chi connectivity index (χ3v) is 3.86. The molecule has 0 radical (unpaired) electrons. The monoisotopic (exact) mass is 366 g/mol. The maximum absolute atomic E-state index is 12.9. The van der Waals surface area contributed by atoms with E-state index in [9.17, 15) is 18.0 Å². The van der Waals surface area contributed by atoms with E-state index in [0.29, 0.717) is 19.4 Å². The van der Waals surface area contributed by atoms with E-state index in [1.54, 1.807) is 6.92 Å². The van der Waals surface area contributed by atoms with Gasteiger partial charge in [0.05, 0.1) is 17.9 Å². The maximum atomic E-state index is 12.9. The van der Waals surface area contributed by atoms with Gasteiger partial charge in [-0.05, 0) is 51.4 Å². The lowest BCUT2D eigenvalue weighted by Gasteiger charge is -2.27. The van der Waals surface area contributed by atoms with Crippen molar-refractivity contribution in [1.29, 1.82) is 0 Å². The first kappa shape index (κ1) is 20.6. The van der Waals surface area contributed by atoms with Crippen LogP contribution in [-0.2, 0) is 11.0 Å². The number of alkyl halides is 3. The van der Waals surface area contributed by atoms with Crippen LogP contribution in [0, 0.1) is 5.92 Å².